The molecule has 1 N–H and O–H groups in total. The fourth-order valence-electron chi connectivity index (χ4n) is 3.14. The van der Waals surface area contributed by atoms with E-state index in [1.165, 1.54) is 0 Å². The Labute approximate surface area is 136 Å². The molecule has 22 heavy (non-hydrogen) atoms. The minimum atomic E-state index is 0. The van der Waals surface area contributed by atoms with Crippen LogP contribution in [0.15, 0.2) is 6.33 Å². The summed E-state index contributed by atoms with van der Waals surface area (Å²) in [7, 11) is 1.97. The first-order valence-electron chi connectivity index (χ1n) is 7.67. The minimum Gasteiger partial charge on any atom is -0.378 e. The van der Waals surface area contributed by atoms with Crippen molar-refractivity contribution in [2.24, 2.45) is 7.05 Å². The van der Waals surface area contributed by atoms with Gasteiger partial charge in [0.1, 0.15) is 12.2 Å². The molecule has 0 saturated carbocycles. The van der Waals surface area contributed by atoms with E-state index in [2.05, 4.69) is 15.5 Å². The van der Waals surface area contributed by atoms with Gasteiger partial charge in [0.2, 0.25) is 5.91 Å². The lowest BCUT2D eigenvalue weighted by molar-refractivity contribution is -0.133. The summed E-state index contributed by atoms with van der Waals surface area (Å²) in [6.07, 6.45) is 4.20. The number of aryl methyl sites for hydroxylation is 1. The van der Waals surface area contributed by atoms with Gasteiger partial charge in [0.15, 0.2) is 0 Å². The zero-order valence-corrected chi connectivity index (χ0v) is 13.7. The highest BCUT2D eigenvalue weighted by atomic mass is 35.5. The highest BCUT2D eigenvalue weighted by Gasteiger charge is 2.27. The van der Waals surface area contributed by atoms with Gasteiger partial charge >= 0.3 is 0 Å². The van der Waals surface area contributed by atoms with Crippen molar-refractivity contribution in [2.75, 3.05) is 32.8 Å². The van der Waals surface area contributed by atoms with Crippen LogP contribution in [0.2, 0.25) is 0 Å². The summed E-state index contributed by atoms with van der Waals surface area (Å²) in [5.74, 6) is 1.68. The molecule has 1 unspecified atom stereocenters. The van der Waals surface area contributed by atoms with Crippen LogP contribution in [0.4, 0.5) is 0 Å². The quantitative estimate of drug-likeness (QED) is 0.864. The molecule has 2 aliphatic heterocycles. The average Bonchev–Trinajstić information content (AvgIpc) is 2.94. The molecule has 1 atom stereocenters. The Hall–Kier alpha value is -1.18. The molecule has 2 fully saturated rings. The van der Waals surface area contributed by atoms with Crippen LogP contribution >= 0.6 is 12.4 Å². The number of rotatable bonds is 3. The summed E-state index contributed by atoms with van der Waals surface area (Å²) in [6.45, 7) is 3.84. The van der Waals surface area contributed by atoms with Gasteiger partial charge in [-0.2, -0.15) is 0 Å². The van der Waals surface area contributed by atoms with Gasteiger partial charge in [-0.3, -0.25) is 4.79 Å². The van der Waals surface area contributed by atoms with Crippen molar-refractivity contribution in [1.29, 1.82) is 0 Å². The highest BCUT2D eigenvalue weighted by Crippen LogP contribution is 2.26. The molecular weight excluding hydrogens is 306 g/mol. The monoisotopic (exact) mass is 329 g/mol. The number of ether oxygens (including phenoxy) is 1. The fourth-order valence-corrected chi connectivity index (χ4v) is 3.14. The standard InChI is InChI=1S/C14H23N5O2.ClH/c1-18-10-16-17-14(18)11-2-5-19(6-3-11)13(20)8-12-9-21-7-4-15-12;/h10-12,15H,2-9H2,1H3;1H. The first kappa shape index (κ1) is 17.2. The number of nitrogens with zero attached hydrogens (tertiary/aromatic N) is 4. The molecule has 1 amide bonds. The van der Waals surface area contributed by atoms with Crippen molar-refractivity contribution in [3.63, 3.8) is 0 Å². The minimum absolute atomic E-state index is 0. The van der Waals surface area contributed by atoms with Crippen LogP contribution in [-0.4, -0.2) is 64.5 Å². The molecule has 3 heterocycles. The van der Waals surface area contributed by atoms with E-state index in [1.807, 2.05) is 16.5 Å². The van der Waals surface area contributed by atoms with E-state index in [4.69, 9.17) is 4.74 Å². The van der Waals surface area contributed by atoms with Crippen molar-refractivity contribution in [3.05, 3.63) is 12.2 Å². The van der Waals surface area contributed by atoms with Crippen molar-refractivity contribution in [3.8, 4) is 0 Å². The Balaban J connectivity index is 0.00000176. The topological polar surface area (TPSA) is 72.3 Å². The molecule has 0 aliphatic carbocycles. The number of nitrogens with one attached hydrogen (secondary N) is 1. The Morgan fingerprint density at radius 1 is 1.45 bits per heavy atom. The molecule has 7 nitrogen and oxygen atoms in total. The Bertz CT molecular complexity index is 481. The maximum atomic E-state index is 12.3. The van der Waals surface area contributed by atoms with Crippen LogP contribution in [0.3, 0.4) is 0 Å². The number of halogens is 1. The number of amides is 1. The molecule has 3 rings (SSSR count). The number of carbonyl (C=O) groups excluding carboxylic acids is 1. The lowest BCUT2D eigenvalue weighted by Crippen LogP contribution is -2.46. The molecule has 124 valence electrons. The molecule has 0 bridgehead atoms. The number of hydrogen-bond donors (Lipinski definition) is 1. The molecule has 0 spiro atoms. The molecular formula is C14H24ClN5O2. The number of piperidine rings is 1. The molecule has 8 heteroatoms. The number of carbonyl (C=O) groups is 1. The third-order valence-electron chi connectivity index (χ3n) is 4.38. The number of aromatic nitrogens is 3. The average molecular weight is 330 g/mol. The van der Waals surface area contributed by atoms with Crippen LogP contribution in [0.25, 0.3) is 0 Å². The van der Waals surface area contributed by atoms with E-state index in [0.717, 1.165) is 44.9 Å². The number of hydrogen-bond acceptors (Lipinski definition) is 5. The second-order valence-corrected chi connectivity index (χ2v) is 5.89. The second-order valence-electron chi connectivity index (χ2n) is 5.89. The van der Waals surface area contributed by atoms with Crippen LogP contribution < -0.4 is 5.32 Å². The lowest BCUT2D eigenvalue weighted by atomic mass is 9.95. The van der Waals surface area contributed by atoms with Gasteiger partial charge in [-0.25, -0.2) is 0 Å². The summed E-state index contributed by atoms with van der Waals surface area (Å²) in [5.41, 5.74) is 0. The van der Waals surface area contributed by atoms with Crippen molar-refractivity contribution in [2.45, 2.75) is 31.2 Å². The van der Waals surface area contributed by atoms with Crippen LogP contribution in [0.5, 0.6) is 0 Å². The molecule has 0 aromatic carbocycles. The van der Waals surface area contributed by atoms with Gasteiger partial charge in [-0.05, 0) is 12.8 Å². The Morgan fingerprint density at radius 3 is 2.82 bits per heavy atom. The molecule has 0 radical (unpaired) electrons. The lowest BCUT2D eigenvalue weighted by Gasteiger charge is -2.33. The van der Waals surface area contributed by atoms with E-state index in [0.29, 0.717) is 18.9 Å². The predicted octanol–water partition coefficient (Wildman–Crippen LogP) is 0.321. The van der Waals surface area contributed by atoms with Gasteiger partial charge in [-0.1, -0.05) is 0 Å². The zero-order valence-electron chi connectivity index (χ0n) is 12.9. The van der Waals surface area contributed by atoms with E-state index in [-0.39, 0.29) is 24.4 Å². The number of morpholine rings is 1. The van der Waals surface area contributed by atoms with Crippen molar-refractivity contribution >= 4 is 18.3 Å². The third-order valence-corrected chi connectivity index (χ3v) is 4.38. The van der Waals surface area contributed by atoms with Gasteiger partial charge in [0, 0.05) is 45.1 Å². The van der Waals surface area contributed by atoms with Crippen molar-refractivity contribution < 1.29 is 9.53 Å². The Kier molecular flexibility index (Phi) is 6.16. The maximum absolute atomic E-state index is 12.3. The predicted molar refractivity (Wildman–Crippen MR) is 84.0 cm³/mol. The van der Waals surface area contributed by atoms with E-state index < -0.39 is 0 Å². The van der Waals surface area contributed by atoms with Crippen molar-refractivity contribution in [1.82, 2.24) is 25.0 Å². The second kappa shape index (κ2) is 7.89. The Morgan fingerprint density at radius 2 is 2.23 bits per heavy atom. The zero-order chi connectivity index (χ0) is 14.7. The molecule has 2 saturated heterocycles. The third kappa shape index (κ3) is 3.97. The summed E-state index contributed by atoms with van der Waals surface area (Å²) in [4.78, 5) is 14.3. The summed E-state index contributed by atoms with van der Waals surface area (Å²) in [6, 6.07) is 0.169. The highest BCUT2D eigenvalue weighted by molar-refractivity contribution is 5.85. The number of likely N-dealkylation sites (tertiary alicyclic amines) is 1. The molecule has 1 aromatic heterocycles. The first-order chi connectivity index (χ1) is 10.2. The molecule has 1 aromatic rings. The first-order valence-corrected chi connectivity index (χ1v) is 7.67. The van der Waals surface area contributed by atoms with Gasteiger partial charge < -0.3 is 19.5 Å². The summed E-state index contributed by atoms with van der Waals surface area (Å²) >= 11 is 0. The largest absolute Gasteiger partial charge is 0.378 e. The summed E-state index contributed by atoms with van der Waals surface area (Å²) in [5, 5.41) is 11.5. The smallest absolute Gasteiger partial charge is 0.224 e. The van der Waals surface area contributed by atoms with Gasteiger partial charge in [-0.15, -0.1) is 22.6 Å². The van der Waals surface area contributed by atoms with E-state index in [1.54, 1.807) is 6.33 Å². The van der Waals surface area contributed by atoms with Crippen LogP contribution in [0.1, 0.15) is 31.0 Å². The SMILES string of the molecule is Cl.Cn1cnnc1C1CCN(C(=O)CC2COCCN2)CC1. The fraction of sp³-hybridized carbons (Fsp3) is 0.786. The van der Waals surface area contributed by atoms with Crippen LogP contribution in [0, 0.1) is 0 Å². The van der Waals surface area contributed by atoms with E-state index >= 15 is 0 Å². The summed E-state index contributed by atoms with van der Waals surface area (Å²) < 4.78 is 7.38. The molecule has 2 aliphatic rings. The normalized spacial score (nSPS) is 23.1. The van der Waals surface area contributed by atoms with Crippen LogP contribution in [-0.2, 0) is 16.6 Å². The maximum Gasteiger partial charge on any atom is 0.224 e. The van der Waals surface area contributed by atoms with E-state index in [9.17, 15) is 4.79 Å². The van der Waals surface area contributed by atoms with Gasteiger partial charge in [0.05, 0.1) is 13.2 Å². The van der Waals surface area contributed by atoms with Gasteiger partial charge in [0.25, 0.3) is 0 Å².